The second-order valence-electron chi connectivity index (χ2n) is 6.63. The minimum atomic E-state index is -0.112. The summed E-state index contributed by atoms with van der Waals surface area (Å²) in [4.78, 5) is 12.3. The van der Waals surface area contributed by atoms with E-state index in [1.807, 2.05) is 6.07 Å². The summed E-state index contributed by atoms with van der Waals surface area (Å²) in [6.07, 6.45) is 2.59. The smallest absolute Gasteiger partial charge is 0.309 e. The molecule has 124 valence electrons. The number of hydrogen-bond donors (Lipinski definition) is 0. The second-order valence-corrected chi connectivity index (χ2v) is 6.63. The molecule has 0 N–H and O–H groups in total. The normalized spacial score (nSPS) is 33.6. The third kappa shape index (κ3) is 1.99. The molecule has 1 saturated carbocycles. The summed E-state index contributed by atoms with van der Waals surface area (Å²) < 4.78 is 22.5. The SMILES string of the molecule is COC(=O)[C@H]1Cc2ccc(OC)c3c2[C@H]2[C@@H]1CC[C@@H](OC)[C@H]2O3. The largest absolute Gasteiger partial charge is 0.493 e. The molecule has 0 spiro atoms. The molecule has 1 fully saturated rings. The van der Waals surface area contributed by atoms with Gasteiger partial charge in [0.2, 0.25) is 0 Å². The highest BCUT2D eigenvalue weighted by molar-refractivity contribution is 5.75. The zero-order chi connectivity index (χ0) is 16.1. The van der Waals surface area contributed by atoms with Crippen LogP contribution in [0.1, 0.15) is 29.9 Å². The molecule has 0 radical (unpaired) electrons. The Morgan fingerprint density at radius 3 is 2.74 bits per heavy atom. The molecule has 0 bridgehead atoms. The van der Waals surface area contributed by atoms with E-state index in [-0.39, 0.29) is 35.9 Å². The third-order valence-corrected chi connectivity index (χ3v) is 5.79. The van der Waals surface area contributed by atoms with Gasteiger partial charge in [-0.15, -0.1) is 0 Å². The maximum atomic E-state index is 12.3. The monoisotopic (exact) mass is 318 g/mol. The van der Waals surface area contributed by atoms with Gasteiger partial charge >= 0.3 is 5.97 Å². The molecule has 0 amide bonds. The molecule has 1 aromatic carbocycles. The molecule has 5 nitrogen and oxygen atoms in total. The Morgan fingerprint density at radius 1 is 1.22 bits per heavy atom. The minimum absolute atomic E-state index is 0.0451. The average molecular weight is 318 g/mol. The summed E-state index contributed by atoms with van der Waals surface area (Å²) in [5.74, 6) is 1.84. The van der Waals surface area contributed by atoms with E-state index in [1.54, 1.807) is 14.2 Å². The number of hydrogen-bond acceptors (Lipinski definition) is 5. The van der Waals surface area contributed by atoms with E-state index < -0.39 is 0 Å². The van der Waals surface area contributed by atoms with Crippen LogP contribution < -0.4 is 9.47 Å². The van der Waals surface area contributed by atoms with Crippen LogP contribution in [0.5, 0.6) is 11.5 Å². The van der Waals surface area contributed by atoms with Gasteiger partial charge in [-0.2, -0.15) is 0 Å². The van der Waals surface area contributed by atoms with E-state index in [0.717, 1.165) is 24.3 Å². The molecule has 2 aliphatic carbocycles. The van der Waals surface area contributed by atoms with Crippen molar-refractivity contribution in [2.75, 3.05) is 21.3 Å². The fourth-order valence-corrected chi connectivity index (χ4v) is 4.79. The van der Waals surface area contributed by atoms with Gasteiger partial charge in [-0.25, -0.2) is 0 Å². The summed E-state index contributed by atoms with van der Waals surface area (Å²) in [5.41, 5.74) is 2.40. The van der Waals surface area contributed by atoms with Crippen LogP contribution in [0.15, 0.2) is 12.1 Å². The molecule has 0 saturated heterocycles. The molecular formula is C18H22O5. The number of methoxy groups -OCH3 is 3. The molecule has 5 atom stereocenters. The van der Waals surface area contributed by atoms with Crippen LogP contribution in [0.4, 0.5) is 0 Å². The van der Waals surface area contributed by atoms with Crippen LogP contribution in [0, 0.1) is 11.8 Å². The van der Waals surface area contributed by atoms with Crippen LogP contribution in [0.2, 0.25) is 0 Å². The Morgan fingerprint density at radius 2 is 2.04 bits per heavy atom. The topological polar surface area (TPSA) is 54.0 Å². The number of esters is 1. The lowest BCUT2D eigenvalue weighted by molar-refractivity contribution is -0.150. The maximum Gasteiger partial charge on any atom is 0.309 e. The van der Waals surface area contributed by atoms with Gasteiger partial charge in [0.25, 0.3) is 0 Å². The summed E-state index contributed by atoms with van der Waals surface area (Å²) in [6, 6.07) is 3.99. The molecule has 1 aliphatic heterocycles. The highest BCUT2D eigenvalue weighted by atomic mass is 16.6. The van der Waals surface area contributed by atoms with Gasteiger partial charge in [-0.3, -0.25) is 4.79 Å². The first-order chi connectivity index (χ1) is 11.2. The first kappa shape index (κ1) is 14.8. The first-order valence-electron chi connectivity index (χ1n) is 8.16. The number of carbonyl (C=O) groups excluding carboxylic acids is 1. The Balaban J connectivity index is 1.84. The fourth-order valence-electron chi connectivity index (χ4n) is 4.79. The first-order valence-corrected chi connectivity index (χ1v) is 8.16. The van der Waals surface area contributed by atoms with Crippen molar-refractivity contribution in [3.8, 4) is 11.5 Å². The zero-order valence-corrected chi connectivity index (χ0v) is 13.7. The van der Waals surface area contributed by atoms with Crippen LogP contribution in [-0.4, -0.2) is 39.5 Å². The van der Waals surface area contributed by atoms with Crippen molar-refractivity contribution in [2.24, 2.45) is 11.8 Å². The lowest BCUT2D eigenvalue weighted by Crippen LogP contribution is -2.47. The number of rotatable bonds is 3. The molecule has 3 aliphatic rings. The molecule has 1 aromatic rings. The molecule has 4 rings (SSSR count). The summed E-state index contributed by atoms with van der Waals surface area (Å²) >= 11 is 0. The number of ether oxygens (including phenoxy) is 4. The Kier molecular flexibility index (Phi) is 3.48. The van der Waals surface area contributed by atoms with Crippen molar-refractivity contribution in [3.05, 3.63) is 23.3 Å². The Hall–Kier alpha value is -1.75. The van der Waals surface area contributed by atoms with E-state index in [9.17, 15) is 4.79 Å². The maximum absolute atomic E-state index is 12.3. The van der Waals surface area contributed by atoms with E-state index in [1.165, 1.54) is 18.2 Å². The second kappa shape index (κ2) is 5.41. The van der Waals surface area contributed by atoms with E-state index in [4.69, 9.17) is 18.9 Å². The van der Waals surface area contributed by atoms with Crippen molar-refractivity contribution in [3.63, 3.8) is 0 Å². The molecule has 5 heteroatoms. The van der Waals surface area contributed by atoms with Crippen molar-refractivity contribution < 1.29 is 23.7 Å². The molecule has 0 aromatic heterocycles. The zero-order valence-electron chi connectivity index (χ0n) is 13.7. The van der Waals surface area contributed by atoms with Crippen LogP contribution >= 0.6 is 0 Å². The fraction of sp³-hybridized carbons (Fsp3) is 0.611. The summed E-state index contributed by atoms with van der Waals surface area (Å²) in [7, 11) is 4.87. The van der Waals surface area contributed by atoms with Crippen LogP contribution in [0.3, 0.4) is 0 Å². The summed E-state index contributed by atoms with van der Waals surface area (Å²) in [5, 5.41) is 0. The quantitative estimate of drug-likeness (QED) is 0.801. The number of benzene rings is 1. The van der Waals surface area contributed by atoms with Crippen molar-refractivity contribution in [1.82, 2.24) is 0 Å². The van der Waals surface area contributed by atoms with E-state index in [2.05, 4.69) is 6.07 Å². The van der Waals surface area contributed by atoms with Crippen molar-refractivity contribution in [2.45, 2.75) is 37.4 Å². The number of carbonyl (C=O) groups is 1. The highest BCUT2D eigenvalue weighted by Crippen LogP contribution is 2.58. The van der Waals surface area contributed by atoms with Gasteiger partial charge in [0, 0.05) is 18.6 Å². The molecule has 0 unspecified atom stereocenters. The van der Waals surface area contributed by atoms with Gasteiger partial charge in [-0.1, -0.05) is 6.07 Å². The van der Waals surface area contributed by atoms with Gasteiger partial charge in [0.1, 0.15) is 6.10 Å². The highest BCUT2D eigenvalue weighted by Gasteiger charge is 2.55. The molecule has 23 heavy (non-hydrogen) atoms. The Labute approximate surface area is 135 Å². The standard InChI is InChI=1S/C18H22O5/c1-20-12-6-4-9-8-11(18(19)22-3)10-5-7-13(21-2)17-15(10)14(9)16(12)23-17/h4,6,10-11,13,15,17H,5,7-8H2,1-3H3/t10-,11+,13-,15-,17-/m1/s1. The van der Waals surface area contributed by atoms with Gasteiger partial charge < -0.3 is 18.9 Å². The van der Waals surface area contributed by atoms with Crippen LogP contribution in [-0.2, 0) is 20.7 Å². The predicted octanol–water partition coefficient (Wildman–Crippen LogP) is 2.31. The van der Waals surface area contributed by atoms with Gasteiger partial charge in [-0.05, 0) is 36.8 Å². The lowest BCUT2D eigenvalue weighted by atomic mass is 9.62. The third-order valence-electron chi connectivity index (χ3n) is 5.79. The molecule has 1 heterocycles. The minimum Gasteiger partial charge on any atom is -0.493 e. The summed E-state index contributed by atoms with van der Waals surface area (Å²) in [6.45, 7) is 0. The molecular weight excluding hydrogens is 296 g/mol. The lowest BCUT2D eigenvalue weighted by Gasteiger charge is -2.43. The average Bonchev–Trinajstić information content (AvgIpc) is 3.00. The Bertz CT molecular complexity index is 641. The van der Waals surface area contributed by atoms with Crippen molar-refractivity contribution in [1.29, 1.82) is 0 Å². The van der Waals surface area contributed by atoms with Crippen molar-refractivity contribution >= 4 is 5.97 Å². The van der Waals surface area contributed by atoms with Gasteiger partial charge in [0.05, 0.1) is 26.2 Å². The van der Waals surface area contributed by atoms with E-state index in [0.29, 0.717) is 6.42 Å². The van der Waals surface area contributed by atoms with Gasteiger partial charge in [0.15, 0.2) is 11.5 Å². The van der Waals surface area contributed by atoms with E-state index >= 15 is 0 Å². The predicted molar refractivity (Wildman–Crippen MR) is 82.9 cm³/mol. The van der Waals surface area contributed by atoms with Crippen LogP contribution in [0.25, 0.3) is 0 Å².